The Balaban J connectivity index is 1.36. The van der Waals surface area contributed by atoms with Gasteiger partial charge in [0.2, 0.25) is 5.91 Å². The van der Waals surface area contributed by atoms with Gasteiger partial charge in [-0.1, -0.05) is 18.2 Å². The highest BCUT2D eigenvalue weighted by Crippen LogP contribution is 2.29. The molecular formula is C20H25N3O2. The summed E-state index contributed by atoms with van der Waals surface area (Å²) in [5.41, 5.74) is 2.00. The predicted octanol–water partition coefficient (Wildman–Crippen LogP) is 2.59. The van der Waals surface area contributed by atoms with Crippen LogP contribution in [0.2, 0.25) is 0 Å². The third-order valence-corrected chi connectivity index (χ3v) is 5.23. The Morgan fingerprint density at radius 1 is 1.28 bits per heavy atom. The summed E-state index contributed by atoms with van der Waals surface area (Å²) in [6.07, 6.45) is 3.28. The van der Waals surface area contributed by atoms with Gasteiger partial charge in [0.1, 0.15) is 11.3 Å². The molecule has 0 radical (unpaired) electrons. The van der Waals surface area contributed by atoms with E-state index in [0.717, 1.165) is 67.8 Å². The number of aromatic nitrogens is 1. The van der Waals surface area contributed by atoms with Crippen LogP contribution in [0.3, 0.4) is 0 Å². The van der Waals surface area contributed by atoms with Gasteiger partial charge in [-0.2, -0.15) is 0 Å². The van der Waals surface area contributed by atoms with E-state index in [4.69, 9.17) is 9.72 Å². The number of para-hydroxylation sites is 1. The summed E-state index contributed by atoms with van der Waals surface area (Å²) < 4.78 is 5.43. The predicted molar refractivity (Wildman–Crippen MR) is 97.4 cm³/mol. The number of hydrogen-bond donors (Lipinski definition) is 1. The molecule has 1 saturated carbocycles. The van der Waals surface area contributed by atoms with Crippen molar-refractivity contribution in [3.63, 3.8) is 0 Å². The topological polar surface area (TPSA) is 54.5 Å². The highest BCUT2D eigenvalue weighted by atomic mass is 16.5. The van der Waals surface area contributed by atoms with Crippen LogP contribution in [0, 0.1) is 11.8 Å². The number of carbonyl (C=O) groups is 1. The van der Waals surface area contributed by atoms with E-state index >= 15 is 0 Å². The highest BCUT2D eigenvalue weighted by Gasteiger charge is 2.30. The van der Waals surface area contributed by atoms with Gasteiger partial charge in [0.15, 0.2) is 0 Å². The Bertz CT molecular complexity index is 773. The first-order valence-electron chi connectivity index (χ1n) is 9.15. The zero-order chi connectivity index (χ0) is 17.2. The molecule has 1 aromatic carbocycles. The van der Waals surface area contributed by atoms with Gasteiger partial charge in [-0.05, 0) is 43.9 Å². The van der Waals surface area contributed by atoms with Crippen molar-refractivity contribution in [2.75, 3.05) is 26.7 Å². The van der Waals surface area contributed by atoms with Gasteiger partial charge < -0.3 is 10.1 Å². The molecule has 1 unspecified atom stereocenters. The van der Waals surface area contributed by atoms with Crippen LogP contribution in [0.25, 0.3) is 10.9 Å². The Hall–Kier alpha value is -2.14. The molecule has 1 aromatic heterocycles. The maximum Gasteiger partial charge on any atom is 0.223 e. The minimum absolute atomic E-state index is 0.252. The zero-order valence-corrected chi connectivity index (χ0v) is 14.7. The lowest BCUT2D eigenvalue weighted by Crippen LogP contribution is -2.31. The summed E-state index contributed by atoms with van der Waals surface area (Å²) in [5, 5.41) is 4.21. The van der Waals surface area contributed by atoms with Crippen LogP contribution in [0.15, 0.2) is 30.3 Å². The molecule has 5 heteroatoms. The maximum atomic E-state index is 11.8. The number of methoxy groups -OCH3 is 1. The second-order valence-corrected chi connectivity index (χ2v) is 7.24. The van der Waals surface area contributed by atoms with Crippen molar-refractivity contribution in [2.45, 2.75) is 25.8 Å². The molecule has 1 aliphatic heterocycles. The second kappa shape index (κ2) is 7.00. The molecule has 1 amide bonds. The molecule has 0 spiro atoms. The fourth-order valence-corrected chi connectivity index (χ4v) is 3.60. The summed E-state index contributed by atoms with van der Waals surface area (Å²) in [5.74, 6) is 1.93. The van der Waals surface area contributed by atoms with Gasteiger partial charge in [0, 0.05) is 30.9 Å². The van der Waals surface area contributed by atoms with Crippen molar-refractivity contribution >= 4 is 16.8 Å². The first-order valence-corrected chi connectivity index (χ1v) is 9.15. The fraction of sp³-hybridized carbons (Fsp3) is 0.500. The van der Waals surface area contributed by atoms with Crippen molar-refractivity contribution in [1.29, 1.82) is 0 Å². The van der Waals surface area contributed by atoms with E-state index in [1.165, 1.54) is 0 Å². The number of nitrogens with one attached hydrogen (secondary N) is 1. The maximum absolute atomic E-state index is 11.8. The molecule has 2 fully saturated rings. The summed E-state index contributed by atoms with van der Waals surface area (Å²) >= 11 is 0. The molecule has 2 heterocycles. The number of likely N-dealkylation sites (tertiary alicyclic amines) is 1. The lowest BCUT2D eigenvalue weighted by molar-refractivity contribution is -0.122. The lowest BCUT2D eigenvalue weighted by Gasteiger charge is -2.16. The molecule has 5 nitrogen and oxygen atoms in total. The number of ether oxygens (including phenoxy) is 1. The average Bonchev–Trinajstić information content (AvgIpc) is 3.40. The molecule has 1 N–H and O–H groups in total. The molecule has 4 rings (SSSR count). The molecule has 1 atom stereocenters. The van der Waals surface area contributed by atoms with Crippen LogP contribution in [0.1, 0.15) is 25.0 Å². The Morgan fingerprint density at radius 2 is 2.16 bits per heavy atom. The van der Waals surface area contributed by atoms with Gasteiger partial charge in [-0.25, -0.2) is 4.98 Å². The monoisotopic (exact) mass is 339 g/mol. The van der Waals surface area contributed by atoms with Crippen LogP contribution in [-0.2, 0) is 11.3 Å². The standard InChI is InChI=1S/C20H25N3O2/c1-25-18-4-2-3-15-7-8-17(22-19(15)18)13-23-10-9-14(12-23)11-21-20(24)16-5-6-16/h2-4,7-8,14,16H,5-6,9-13H2,1H3,(H,21,24). The van der Waals surface area contributed by atoms with Crippen molar-refractivity contribution in [3.05, 3.63) is 36.0 Å². The number of pyridine rings is 1. The van der Waals surface area contributed by atoms with Crippen molar-refractivity contribution in [2.24, 2.45) is 11.8 Å². The highest BCUT2D eigenvalue weighted by molar-refractivity contribution is 5.84. The summed E-state index contributed by atoms with van der Waals surface area (Å²) in [6.45, 7) is 3.75. The number of carbonyl (C=O) groups excluding carboxylic acids is 1. The normalized spacial score (nSPS) is 20.8. The Labute approximate surface area is 148 Å². The van der Waals surface area contributed by atoms with E-state index < -0.39 is 0 Å². The Kier molecular flexibility index (Phi) is 4.57. The molecule has 2 aliphatic rings. The molecule has 1 aliphatic carbocycles. The molecule has 132 valence electrons. The lowest BCUT2D eigenvalue weighted by atomic mass is 10.1. The van der Waals surface area contributed by atoms with Crippen LogP contribution in [-0.4, -0.2) is 42.5 Å². The van der Waals surface area contributed by atoms with Crippen LogP contribution < -0.4 is 10.1 Å². The number of amides is 1. The summed E-state index contributed by atoms with van der Waals surface area (Å²) in [4.78, 5) is 19.0. The van der Waals surface area contributed by atoms with Gasteiger partial charge in [-0.15, -0.1) is 0 Å². The van der Waals surface area contributed by atoms with Gasteiger partial charge in [-0.3, -0.25) is 9.69 Å². The van der Waals surface area contributed by atoms with E-state index in [0.29, 0.717) is 11.8 Å². The first kappa shape index (κ1) is 16.3. The number of nitrogens with zero attached hydrogens (tertiary/aromatic N) is 2. The number of rotatable bonds is 6. The quantitative estimate of drug-likeness (QED) is 0.879. The number of hydrogen-bond acceptors (Lipinski definition) is 4. The van der Waals surface area contributed by atoms with Crippen LogP contribution >= 0.6 is 0 Å². The molecule has 1 saturated heterocycles. The Morgan fingerprint density at radius 3 is 2.96 bits per heavy atom. The van der Waals surface area contributed by atoms with Gasteiger partial charge in [0.25, 0.3) is 0 Å². The third-order valence-electron chi connectivity index (χ3n) is 5.23. The van der Waals surface area contributed by atoms with E-state index in [2.05, 4.69) is 28.4 Å². The van der Waals surface area contributed by atoms with Crippen LogP contribution in [0.4, 0.5) is 0 Å². The molecular weight excluding hydrogens is 314 g/mol. The first-order chi connectivity index (χ1) is 12.2. The van der Waals surface area contributed by atoms with E-state index in [1.54, 1.807) is 7.11 Å². The van der Waals surface area contributed by atoms with E-state index in [9.17, 15) is 4.79 Å². The summed E-state index contributed by atoms with van der Waals surface area (Å²) in [6, 6.07) is 10.2. The van der Waals surface area contributed by atoms with Gasteiger partial charge >= 0.3 is 0 Å². The van der Waals surface area contributed by atoms with Crippen LogP contribution in [0.5, 0.6) is 5.75 Å². The largest absolute Gasteiger partial charge is 0.494 e. The zero-order valence-electron chi connectivity index (χ0n) is 14.7. The second-order valence-electron chi connectivity index (χ2n) is 7.24. The number of fused-ring (bicyclic) bond motifs is 1. The minimum Gasteiger partial charge on any atom is -0.494 e. The van der Waals surface area contributed by atoms with Gasteiger partial charge in [0.05, 0.1) is 12.8 Å². The fourth-order valence-electron chi connectivity index (χ4n) is 3.60. The SMILES string of the molecule is COc1cccc2ccc(CN3CCC(CNC(=O)C4CC4)C3)nc12. The molecule has 25 heavy (non-hydrogen) atoms. The third kappa shape index (κ3) is 3.76. The molecule has 0 bridgehead atoms. The van der Waals surface area contributed by atoms with E-state index in [-0.39, 0.29) is 5.91 Å². The minimum atomic E-state index is 0.252. The number of benzene rings is 1. The van der Waals surface area contributed by atoms with Crippen molar-refractivity contribution in [1.82, 2.24) is 15.2 Å². The average molecular weight is 339 g/mol. The summed E-state index contributed by atoms with van der Waals surface area (Å²) in [7, 11) is 1.68. The van der Waals surface area contributed by atoms with Crippen molar-refractivity contribution < 1.29 is 9.53 Å². The van der Waals surface area contributed by atoms with E-state index in [1.807, 2.05) is 12.1 Å². The smallest absolute Gasteiger partial charge is 0.223 e. The molecule has 2 aromatic rings. The van der Waals surface area contributed by atoms with Crippen molar-refractivity contribution in [3.8, 4) is 5.75 Å².